The Hall–Kier alpha value is -3.39. The van der Waals surface area contributed by atoms with Gasteiger partial charge in [-0.25, -0.2) is 10.5 Å². The van der Waals surface area contributed by atoms with Gasteiger partial charge in [-0.1, -0.05) is 12.1 Å². The number of hydroxylamine groups is 1. The highest BCUT2D eigenvalue weighted by Gasteiger charge is 2.13. The molecule has 0 fully saturated rings. The van der Waals surface area contributed by atoms with Crippen LogP contribution in [0.4, 0.5) is 17.5 Å². The quantitative estimate of drug-likeness (QED) is 0.436. The molecule has 1 amide bonds. The number of nitrogens with one attached hydrogen (secondary N) is 2. The number of para-hydroxylation sites is 1. The van der Waals surface area contributed by atoms with Gasteiger partial charge in [-0.3, -0.25) is 10.0 Å². The largest absolute Gasteiger partial charge is 0.497 e. The third kappa shape index (κ3) is 4.24. The molecule has 3 N–H and O–H groups in total. The summed E-state index contributed by atoms with van der Waals surface area (Å²) in [5.74, 6) is 1.46. The number of nitrogens with zero attached hydrogens (tertiary/aromatic N) is 3. The van der Waals surface area contributed by atoms with Crippen LogP contribution >= 0.6 is 0 Å². The zero-order valence-corrected chi connectivity index (χ0v) is 15.1. The normalized spacial score (nSPS) is 10.5. The van der Waals surface area contributed by atoms with Crippen molar-refractivity contribution in [1.29, 1.82) is 0 Å². The molecule has 0 aliphatic heterocycles. The van der Waals surface area contributed by atoms with Gasteiger partial charge in [0.1, 0.15) is 11.6 Å². The smallest absolute Gasteiger partial charge is 0.245 e. The fourth-order valence-electron chi connectivity index (χ4n) is 2.67. The summed E-state index contributed by atoms with van der Waals surface area (Å²) >= 11 is 0. The molecule has 8 heteroatoms. The molecule has 3 aromatic rings. The first kappa shape index (κ1) is 18.4. The van der Waals surface area contributed by atoms with E-state index < -0.39 is 5.91 Å². The number of ether oxygens (including phenoxy) is 1. The molecule has 0 spiro atoms. The Labute approximate surface area is 156 Å². The third-order valence-electron chi connectivity index (χ3n) is 4.12. The van der Waals surface area contributed by atoms with Crippen LogP contribution in [0.15, 0.2) is 48.5 Å². The number of aromatic nitrogens is 2. The SMILES string of the molecule is COc1ccc(N(C)c2nc(NCCC(=O)NO)nc3ccccc23)cc1. The first-order valence-electron chi connectivity index (χ1n) is 8.43. The topological polar surface area (TPSA) is 99.6 Å². The van der Waals surface area contributed by atoms with Crippen molar-refractivity contribution in [2.24, 2.45) is 0 Å². The van der Waals surface area contributed by atoms with Gasteiger partial charge in [-0.2, -0.15) is 4.98 Å². The maximum absolute atomic E-state index is 11.2. The summed E-state index contributed by atoms with van der Waals surface area (Å²) in [6.45, 7) is 0.302. The van der Waals surface area contributed by atoms with Crippen molar-refractivity contribution in [3.63, 3.8) is 0 Å². The molecule has 0 aliphatic carbocycles. The summed E-state index contributed by atoms with van der Waals surface area (Å²) in [5, 5.41) is 12.5. The first-order chi connectivity index (χ1) is 13.1. The predicted molar refractivity (Wildman–Crippen MR) is 104 cm³/mol. The van der Waals surface area contributed by atoms with Crippen LogP contribution < -0.4 is 20.4 Å². The standard InChI is InChI=1S/C19H21N5O3/c1-24(13-7-9-14(27-2)10-8-13)18-15-5-3-4-6-16(15)21-19(22-18)20-12-11-17(25)23-26/h3-10,26H,11-12H2,1-2H3,(H,23,25)(H,20,21,22). The summed E-state index contributed by atoms with van der Waals surface area (Å²) in [6.07, 6.45) is 0.107. The number of carbonyl (C=O) groups excluding carboxylic acids is 1. The van der Waals surface area contributed by atoms with E-state index in [0.717, 1.165) is 28.2 Å². The van der Waals surface area contributed by atoms with Gasteiger partial charge < -0.3 is 15.0 Å². The van der Waals surface area contributed by atoms with Gasteiger partial charge in [-0.15, -0.1) is 0 Å². The lowest BCUT2D eigenvalue weighted by atomic mass is 10.2. The van der Waals surface area contributed by atoms with Crippen molar-refractivity contribution in [2.45, 2.75) is 6.42 Å². The van der Waals surface area contributed by atoms with Crippen molar-refractivity contribution in [2.75, 3.05) is 30.9 Å². The highest BCUT2D eigenvalue weighted by Crippen LogP contribution is 2.30. The van der Waals surface area contributed by atoms with E-state index in [4.69, 9.17) is 9.94 Å². The lowest BCUT2D eigenvalue weighted by molar-refractivity contribution is -0.128. The molecule has 8 nitrogen and oxygen atoms in total. The average molecular weight is 367 g/mol. The van der Waals surface area contributed by atoms with Crippen molar-refractivity contribution in [1.82, 2.24) is 15.4 Å². The molecule has 0 saturated heterocycles. The van der Waals surface area contributed by atoms with E-state index in [9.17, 15) is 4.79 Å². The van der Waals surface area contributed by atoms with Crippen molar-refractivity contribution in [3.05, 3.63) is 48.5 Å². The molecule has 1 heterocycles. The first-order valence-corrected chi connectivity index (χ1v) is 8.43. The molecule has 0 saturated carbocycles. The molecule has 2 aromatic carbocycles. The zero-order chi connectivity index (χ0) is 19.2. The van der Waals surface area contributed by atoms with E-state index in [1.165, 1.54) is 0 Å². The van der Waals surface area contributed by atoms with E-state index in [1.807, 2.05) is 60.5 Å². The number of hydrogen-bond acceptors (Lipinski definition) is 7. The minimum atomic E-state index is -0.473. The number of methoxy groups -OCH3 is 1. The second-order valence-electron chi connectivity index (χ2n) is 5.86. The van der Waals surface area contributed by atoms with Gasteiger partial charge in [0.05, 0.1) is 12.6 Å². The Kier molecular flexibility index (Phi) is 5.68. The number of hydrogen-bond donors (Lipinski definition) is 3. The molecular weight excluding hydrogens is 346 g/mol. The Morgan fingerprint density at radius 3 is 2.59 bits per heavy atom. The zero-order valence-electron chi connectivity index (χ0n) is 15.1. The molecule has 3 rings (SSSR count). The summed E-state index contributed by atoms with van der Waals surface area (Å²) < 4.78 is 5.21. The minimum Gasteiger partial charge on any atom is -0.497 e. The van der Waals surface area contributed by atoms with Gasteiger partial charge in [-0.05, 0) is 36.4 Å². The maximum atomic E-state index is 11.2. The van der Waals surface area contributed by atoms with Crippen molar-refractivity contribution >= 4 is 34.3 Å². The van der Waals surface area contributed by atoms with E-state index in [-0.39, 0.29) is 6.42 Å². The fraction of sp³-hybridized carbons (Fsp3) is 0.211. The van der Waals surface area contributed by atoms with E-state index >= 15 is 0 Å². The van der Waals surface area contributed by atoms with Gasteiger partial charge in [0, 0.05) is 31.1 Å². The monoisotopic (exact) mass is 367 g/mol. The molecule has 0 aliphatic rings. The van der Waals surface area contributed by atoms with Crippen LogP contribution in [-0.4, -0.2) is 41.8 Å². The van der Waals surface area contributed by atoms with Gasteiger partial charge in [0.25, 0.3) is 0 Å². The number of rotatable bonds is 7. The van der Waals surface area contributed by atoms with Gasteiger partial charge >= 0.3 is 0 Å². The number of anilines is 3. The third-order valence-corrected chi connectivity index (χ3v) is 4.12. The van der Waals surface area contributed by atoms with Crippen LogP contribution in [0, 0.1) is 0 Å². The predicted octanol–water partition coefficient (Wildman–Crippen LogP) is 2.71. The lowest BCUT2D eigenvalue weighted by Gasteiger charge is -2.21. The lowest BCUT2D eigenvalue weighted by Crippen LogP contribution is -2.22. The molecule has 0 atom stereocenters. The van der Waals surface area contributed by atoms with E-state index in [1.54, 1.807) is 12.6 Å². The van der Waals surface area contributed by atoms with E-state index in [0.29, 0.717) is 12.5 Å². The summed E-state index contributed by atoms with van der Waals surface area (Å²) in [7, 11) is 3.56. The van der Waals surface area contributed by atoms with Crippen molar-refractivity contribution in [3.8, 4) is 5.75 Å². The average Bonchev–Trinajstić information content (AvgIpc) is 2.72. The Bertz CT molecular complexity index is 930. The van der Waals surface area contributed by atoms with Crippen LogP contribution in [0.3, 0.4) is 0 Å². The molecule has 0 bridgehead atoms. The maximum Gasteiger partial charge on any atom is 0.245 e. The second kappa shape index (κ2) is 8.33. The number of amides is 1. The summed E-state index contributed by atoms with van der Waals surface area (Å²) in [5.41, 5.74) is 3.34. The molecule has 27 heavy (non-hydrogen) atoms. The van der Waals surface area contributed by atoms with E-state index in [2.05, 4.69) is 15.3 Å². The van der Waals surface area contributed by atoms with Crippen molar-refractivity contribution < 1.29 is 14.7 Å². The van der Waals surface area contributed by atoms with Crippen LogP contribution in [0.2, 0.25) is 0 Å². The van der Waals surface area contributed by atoms with Crippen LogP contribution in [0.5, 0.6) is 5.75 Å². The molecule has 0 unspecified atom stereocenters. The van der Waals surface area contributed by atoms with Crippen LogP contribution in [0.25, 0.3) is 10.9 Å². The van der Waals surface area contributed by atoms with Crippen LogP contribution in [-0.2, 0) is 4.79 Å². The molecule has 1 aromatic heterocycles. The Morgan fingerprint density at radius 2 is 1.89 bits per heavy atom. The summed E-state index contributed by atoms with van der Waals surface area (Å²) in [6, 6.07) is 15.4. The highest BCUT2D eigenvalue weighted by molar-refractivity contribution is 5.92. The number of benzene rings is 2. The molecule has 0 radical (unpaired) electrons. The Balaban J connectivity index is 1.93. The Morgan fingerprint density at radius 1 is 1.15 bits per heavy atom. The number of fused-ring (bicyclic) bond motifs is 1. The van der Waals surface area contributed by atoms with Crippen LogP contribution in [0.1, 0.15) is 6.42 Å². The molecular formula is C19H21N5O3. The molecule has 140 valence electrons. The fourth-order valence-corrected chi connectivity index (χ4v) is 2.67. The number of carbonyl (C=O) groups is 1. The summed E-state index contributed by atoms with van der Waals surface area (Å²) in [4.78, 5) is 22.3. The minimum absolute atomic E-state index is 0.107. The highest BCUT2D eigenvalue weighted by atomic mass is 16.5. The second-order valence-corrected chi connectivity index (χ2v) is 5.86. The van der Waals surface area contributed by atoms with Gasteiger partial charge in [0.15, 0.2) is 0 Å². The van der Waals surface area contributed by atoms with Gasteiger partial charge in [0.2, 0.25) is 11.9 Å².